The summed E-state index contributed by atoms with van der Waals surface area (Å²) in [4.78, 5) is 2.45. The van der Waals surface area contributed by atoms with Crippen LogP contribution in [0.15, 0.2) is 0 Å². The van der Waals surface area contributed by atoms with Gasteiger partial charge >= 0.3 is 0 Å². The molecule has 2 heteroatoms. The first-order chi connectivity index (χ1) is 6.06. The minimum Gasteiger partial charge on any atom is -0.315 e. The van der Waals surface area contributed by atoms with Crippen molar-refractivity contribution in [3.8, 4) is 0 Å². The van der Waals surface area contributed by atoms with Gasteiger partial charge < -0.3 is 10.2 Å². The Hall–Kier alpha value is -0.0800. The fourth-order valence-electron chi connectivity index (χ4n) is 2.17. The molecule has 0 aromatic carbocycles. The van der Waals surface area contributed by atoms with Crippen LogP contribution >= 0.6 is 0 Å². The molecule has 1 rings (SSSR count). The van der Waals surface area contributed by atoms with Crippen molar-refractivity contribution in [2.24, 2.45) is 5.92 Å². The Balaban J connectivity index is 2.50. The lowest BCUT2D eigenvalue weighted by molar-refractivity contribution is 0.240. The summed E-state index contributed by atoms with van der Waals surface area (Å²) in [7, 11) is 4.31. The number of hydrogen-bond acceptors (Lipinski definition) is 2. The van der Waals surface area contributed by atoms with Crippen LogP contribution in [0, 0.1) is 5.92 Å². The summed E-state index contributed by atoms with van der Waals surface area (Å²) in [6.45, 7) is 7.18. The second-order valence-electron chi connectivity index (χ2n) is 4.90. The van der Waals surface area contributed by atoms with Crippen molar-refractivity contribution in [3.63, 3.8) is 0 Å². The van der Waals surface area contributed by atoms with Gasteiger partial charge in [-0.3, -0.25) is 0 Å². The van der Waals surface area contributed by atoms with Crippen LogP contribution in [0.4, 0.5) is 0 Å². The van der Waals surface area contributed by atoms with Crippen molar-refractivity contribution in [3.05, 3.63) is 0 Å². The maximum Gasteiger partial charge on any atom is 0.0150 e. The van der Waals surface area contributed by atoms with Crippen LogP contribution in [0.3, 0.4) is 0 Å². The molecule has 1 unspecified atom stereocenters. The molecule has 1 aliphatic heterocycles. The van der Waals surface area contributed by atoms with E-state index in [-0.39, 0.29) is 0 Å². The number of likely N-dealkylation sites (tertiary alicyclic amines) is 1. The molecule has 1 atom stereocenters. The van der Waals surface area contributed by atoms with E-state index < -0.39 is 0 Å². The van der Waals surface area contributed by atoms with Crippen LogP contribution in [0.2, 0.25) is 0 Å². The fraction of sp³-hybridized carbons (Fsp3) is 1.00. The number of rotatable bonds is 2. The van der Waals surface area contributed by atoms with Crippen LogP contribution in [0.5, 0.6) is 0 Å². The maximum absolute atomic E-state index is 3.44. The quantitative estimate of drug-likeness (QED) is 0.703. The molecule has 1 N–H and O–H groups in total. The number of nitrogens with one attached hydrogen (secondary N) is 1. The van der Waals surface area contributed by atoms with Crippen LogP contribution in [-0.2, 0) is 0 Å². The highest BCUT2D eigenvalue weighted by Crippen LogP contribution is 2.27. The van der Waals surface area contributed by atoms with E-state index in [0.717, 1.165) is 5.92 Å². The van der Waals surface area contributed by atoms with Crippen molar-refractivity contribution in [2.75, 3.05) is 27.2 Å². The third-order valence-electron chi connectivity index (χ3n) is 3.62. The Kier molecular flexibility index (Phi) is 3.74. The highest BCUT2D eigenvalue weighted by atomic mass is 15.1. The molecule has 78 valence electrons. The van der Waals surface area contributed by atoms with Gasteiger partial charge in [0.1, 0.15) is 0 Å². The zero-order valence-electron chi connectivity index (χ0n) is 9.56. The smallest absolute Gasteiger partial charge is 0.0150 e. The maximum atomic E-state index is 3.44. The van der Waals surface area contributed by atoms with Crippen molar-refractivity contribution < 1.29 is 0 Å². The lowest BCUT2D eigenvalue weighted by atomic mass is 9.82. The molecule has 13 heavy (non-hydrogen) atoms. The van der Waals surface area contributed by atoms with Crippen LogP contribution < -0.4 is 5.32 Å². The molecule has 0 amide bonds. The van der Waals surface area contributed by atoms with E-state index in [2.05, 4.69) is 38.2 Å². The molecule has 1 fully saturated rings. The minimum atomic E-state index is 0.311. The third-order valence-corrected chi connectivity index (χ3v) is 3.62. The molecule has 2 nitrogen and oxygen atoms in total. The van der Waals surface area contributed by atoms with Gasteiger partial charge in [0.2, 0.25) is 0 Å². The van der Waals surface area contributed by atoms with E-state index in [0.29, 0.717) is 5.54 Å². The molecule has 1 heterocycles. The third kappa shape index (κ3) is 2.96. The molecular formula is C11H24N2. The van der Waals surface area contributed by atoms with Gasteiger partial charge in [-0.05, 0) is 66.2 Å². The van der Waals surface area contributed by atoms with Gasteiger partial charge in [-0.2, -0.15) is 0 Å². The summed E-state index contributed by atoms with van der Waals surface area (Å²) in [6.07, 6.45) is 4.06. The molecule has 1 aliphatic rings. The first kappa shape index (κ1) is 11.0. The Morgan fingerprint density at radius 1 is 1.23 bits per heavy atom. The average molecular weight is 184 g/mol. The lowest BCUT2D eigenvalue weighted by Crippen LogP contribution is -2.44. The lowest BCUT2D eigenvalue weighted by Gasteiger charge is -2.33. The normalized spacial score (nSPS) is 27.2. The monoisotopic (exact) mass is 184 g/mol. The van der Waals surface area contributed by atoms with Gasteiger partial charge in [0.15, 0.2) is 0 Å². The molecule has 0 spiro atoms. The van der Waals surface area contributed by atoms with Crippen LogP contribution in [-0.4, -0.2) is 37.6 Å². The first-order valence-electron chi connectivity index (χ1n) is 5.43. The molecule has 0 bridgehead atoms. The molecule has 1 saturated heterocycles. The van der Waals surface area contributed by atoms with Crippen molar-refractivity contribution in [1.29, 1.82) is 0 Å². The zero-order valence-corrected chi connectivity index (χ0v) is 9.56. The summed E-state index contributed by atoms with van der Waals surface area (Å²) in [5.41, 5.74) is 0.311. The topological polar surface area (TPSA) is 15.3 Å². The summed E-state index contributed by atoms with van der Waals surface area (Å²) < 4.78 is 0. The average Bonchev–Trinajstić information content (AvgIpc) is 2.30. The predicted molar refractivity (Wildman–Crippen MR) is 58.0 cm³/mol. The van der Waals surface area contributed by atoms with Crippen LogP contribution in [0.1, 0.15) is 33.1 Å². The second-order valence-corrected chi connectivity index (χ2v) is 4.90. The van der Waals surface area contributed by atoms with Crippen LogP contribution in [0.25, 0.3) is 0 Å². The second kappa shape index (κ2) is 4.43. The van der Waals surface area contributed by atoms with E-state index in [1.807, 2.05) is 0 Å². The summed E-state index contributed by atoms with van der Waals surface area (Å²) in [5.74, 6) is 0.836. The van der Waals surface area contributed by atoms with Gasteiger partial charge in [0, 0.05) is 5.54 Å². The van der Waals surface area contributed by atoms with Gasteiger partial charge in [-0.15, -0.1) is 0 Å². The molecular weight excluding hydrogens is 160 g/mol. The Morgan fingerprint density at radius 2 is 1.92 bits per heavy atom. The van der Waals surface area contributed by atoms with Gasteiger partial charge in [0.05, 0.1) is 0 Å². The van der Waals surface area contributed by atoms with E-state index in [1.54, 1.807) is 0 Å². The standard InChI is InChI=1S/C11H24N2/c1-11(2,12-3)10-6-5-8-13(4)9-7-10/h10,12H,5-9H2,1-4H3. The highest BCUT2D eigenvalue weighted by Gasteiger charge is 2.28. The van der Waals surface area contributed by atoms with E-state index in [9.17, 15) is 0 Å². The predicted octanol–water partition coefficient (Wildman–Crippen LogP) is 1.72. The van der Waals surface area contributed by atoms with Gasteiger partial charge in [-0.25, -0.2) is 0 Å². The van der Waals surface area contributed by atoms with E-state index in [4.69, 9.17) is 0 Å². The number of nitrogens with zero attached hydrogens (tertiary/aromatic N) is 1. The minimum absolute atomic E-state index is 0.311. The fourth-order valence-corrected chi connectivity index (χ4v) is 2.17. The summed E-state index contributed by atoms with van der Waals surface area (Å²) in [6, 6.07) is 0. The van der Waals surface area contributed by atoms with Crippen molar-refractivity contribution >= 4 is 0 Å². The molecule has 0 aromatic heterocycles. The van der Waals surface area contributed by atoms with Crippen molar-refractivity contribution in [1.82, 2.24) is 10.2 Å². The zero-order chi connectivity index (χ0) is 9.90. The van der Waals surface area contributed by atoms with Gasteiger partial charge in [-0.1, -0.05) is 0 Å². The Morgan fingerprint density at radius 3 is 2.54 bits per heavy atom. The largest absolute Gasteiger partial charge is 0.315 e. The van der Waals surface area contributed by atoms with E-state index >= 15 is 0 Å². The number of hydrogen-bond donors (Lipinski definition) is 1. The molecule has 0 aromatic rings. The first-order valence-corrected chi connectivity index (χ1v) is 5.43. The molecule has 0 radical (unpaired) electrons. The summed E-state index contributed by atoms with van der Waals surface area (Å²) >= 11 is 0. The molecule has 0 aliphatic carbocycles. The Labute approximate surface area is 82.7 Å². The molecule has 0 saturated carbocycles. The summed E-state index contributed by atoms with van der Waals surface area (Å²) in [5, 5.41) is 3.44. The Bertz CT molecular complexity index is 154. The van der Waals surface area contributed by atoms with E-state index in [1.165, 1.54) is 32.4 Å². The van der Waals surface area contributed by atoms with Gasteiger partial charge in [0.25, 0.3) is 0 Å². The highest BCUT2D eigenvalue weighted by molar-refractivity contribution is 4.86. The SMILES string of the molecule is CNC(C)(C)C1CCCN(C)CC1. The van der Waals surface area contributed by atoms with Crippen molar-refractivity contribution in [2.45, 2.75) is 38.6 Å².